The fourth-order valence-corrected chi connectivity index (χ4v) is 6.60. The van der Waals surface area contributed by atoms with Crippen molar-refractivity contribution in [2.75, 3.05) is 51.6 Å². The van der Waals surface area contributed by atoms with Gasteiger partial charge >= 0.3 is 0 Å². The molecule has 7 heteroatoms. The molecule has 1 saturated heterocycles. The Bertz CT molecular complexity index is 942. The summed E-state index contributed by atoms with van der Waals surface area (Å²) in [7, 11) is -3.08. The quantitative estimate of drug-likeness (QED) is 0.347. The van der Waals surface area contributed by atoms with Crippen LogP contribution in [0.15, 0.2) is 54.6 Å². The number of rotatable bonds is 13. The molecule has 2 aromatic rings. The fraction of sp³-hybridized carbons (Fsp3) is 0.556. The van der Waals surface area contributed by atoms with Crippen LogP contribution in [0.25, 0.3) is 0 Å². The van der Waals surface area contributed by atoms with E-state index in [-0.39, 0.29) is 11.8 Å². The van der Waals surface area contributed by atoms with Crippen molar-refractivity contribution in [3.05, 3.63) is 70.7 Å². The maximum Gasteiger partial charge on any atom is 0.214 e. The van der Waals surface area contributed by atoms with Crippen LogP contribution in [0.5, 0.6) is 0 Å². The average molecular weight is 506 g/mol. The molecule has 34 heavy (non-hydrogen) atoms. The Kier molecular flexibility index (Phi) is 10.9. The summed E-state index contributed by atoms with van der Waals surface area (Å²) in [6, 6.07) is 19.2. The molecular formula is C27H40ClN3O2S. The SMILES string of the molecule is CCN(CC)S(=O)(=O)CCCCCCN1CCN(C(c2ccccc2)c2ccc(Cl)cc2)CC1. The summed E-state index contributed by atoms with van der Waals surface area (Å²) in [4.78, 5) is 5.13. The Morgan fingerprint density at radius 3 is 2.03 bits per heavy atom. The van der Waals surface area contributed by atoms with Crippen LogP contribution in [0.3, 0.4) is 0 Å². The minimum Gasteiger partial charge on any atom is -0.301 e. The zero-order valence-electron chi connectivity index (χ0n) is 20.7. The minimum absolute atomic E-state index is 0.244. The molecule has 3 rings (SSSR count). The molecule has 5 nitrogen and oxygen atoms in total. The number of halogens is 1. The van der Waals surface area contributed by atoms with Crippen LogP contribution in [0, 0.1) is 0 Å². The summed E-state index contributed by atoms with van der Waals surface area (Å²) >= 11 is 6.14. The molecule has 0 radical (unpaired) electrons. The average Bonchev–Trinajstić information content (AvgIpc) is 2.85. The number of benzene rings is 2. The summed E-state index contributed by atoms with van der Waals surface area (Å²) < 4.78 is 26.1. The number of unbranched alkanes of at least 4 members (excludes halogenated alkanes) is 3. The highest BCUT2D eigenvalue weighted by atomic mass is 35.5. The maximum atomic E-state index is 12.3. The molecule has 188 valence electrons. The Labute approximate surface area is 211 Å². The monoisotopic (exact) mass is 505 g/mol. The number of piperazine rings is 1. The van der Waals surface area contributed by atoms with Crippen molar-refractivity contribution in [3.8, 4) is 0 Å². The third-order valence-electron chi connectivity index (χ3n) is 6.80. The molecule has 1 aliphatic rings. The van der Waals surface area contributed by atoms with Crippen molar-refractivity contribution in [2.45, 2.75) is 45.6 Å². The van der Waals surface area contributed by atoms with Crippen LogP contribution in [0.2, 0.25) is 5.02 Å². The Balaban J connectivity index is 1.43. The standard InChI is InChI=1S/C27H40ClN3O2S/c1-3-31(4-2)34(32,33)23-11-6-5-10-18-29-19-21-30(22-20-29)27(24-12-8-7-9-13-24)25-14-16-26(28)17-15-25/h7-9,12-17,27H,3-6,10-11,18-23H2,1-2H3. The highest BCUT2D eigenvalue weighted by molar-refractivity contribution is 7.89. The van der Waals surface area contributed by atoms with E-state index in [1.54, 1.807) is 4.31 Å². The van der Waals surface area contributed by atoms with Gasteiger partial charge in [0.15, 0.2) is 0 Å². The van der Waals surface area contributed by atoms with E-state index in [0.29, 0.717) is 13.1 Å². The van der Waals surface area contributed by atoms with Gasteiger partial charge in [-0.1, -0.05) is 80.8 Å². The van der Waals surface area contributed by atoms with Crippen molar-refractivity contribution >= 4 is 21.6 Å². The van der Waals surface area contributed by atoms with E-state index in [1.807, 2.05) is 26.0 Å². The molecule has 1 aliphatic heterocycles. The first-order valence-corrected chi connectivity index (χ1v) is 14.7. The highest BCUT2D eigenvalue weighted by Crippen LogP contribution is 2.30. The lowest BCUT2D eigenvalue weighted by Gasteiger charge is -2.40. The molecule has 1 atom stereocenters. The van der Waals surface area contributed by atoms with Crippen molar-refractivity contribution in [2.24, 2.45) is 0 Å². The number of hydrogen-bond acceptors (Lipinski definition) is 4. The number of hydrogen-bond donors (Lipinski definition) is 0. The number of nitrogens with zero attached hydrogens (tertiary/aromatic N) is 3. The highest BCUT2D eigenvalue weighted by Gasteiger charge is 2.26. The molecule has 0 spiro atoms. The van der Waals surface area contributed by atoms with Gasteiger partial charge in [-0.25, -0.2) is 12.7 Å². The van der Waals surface area contributed by atoms with Crippen LogP contribution < -0.4 is 0 Å². The van der Waals surface area contributed by atoms with Gasteiger partial charge in [0, 0.05) is 44.3 Å². The predicted octanol–water partition coefficient (Wildman–Crippen LogP) is 5.28. The van der Waals surface area contributed by atoms with Crippen molar-refractivity contribution in [1.29, 1.82) is 0 Å². The molecule has 1 unspecified atom stereocenters. The molecule has 1 heterocycles. The van der Waals surface area contributed by atoms with Gasteiger partial charge in [-0.2, -0.15) is 0 Å². The largest absolute Gasteiger partial charge is 0.301 e. The van der Waals surface area contributed by atoms with E-state index < -0.39 is 10.0 Å². The lowest BCUT2D eigenvalue weighted by molar-refractivity contribution is 0.108. The van der Waals surface area contributed by atoms with E-state index in [2.05, 4.69) is 52.3 Å². The van der Waals surface area contributed by atoms with Gasteiger partial charge in [-0.05, 0) is 42.6 Å². The van der Waals surface area contributed by atoms with Gasteiger partial charge in [-0.3, -0.25) is 4.90 Å². The zero-order chi connectivity index (χ0) is 24.4. The second-order valence-corrected chi connectivity index (χ2v) is 11.6. The van der Waals surface area contributed by atoms with E-state index in [0.717, 1.165) is 63.4 Å². The van der Waals surface area contributed by atoms with Crippen molar-refractivity contribution in [3.63, 3.8) is 0 Å². The van der Waals surface area contributed by atoms with Crippen LogP contribution in [-0.4, -0.2) is 74.1 Å². The van der Waals surface area contributed by atoms with Crippen LogP contribution in [-0.2, 0) is 10.0 Å². The molecule has 1 fully saturated rings. The lowest BCUT2D eigenvalue weighted by Crippen LogP contribution is -2.48. The van der Waals surface area contributed by atoms with Crippen LogP contribution in [0.4, 0.5) is 0 Å². The second kappa shape index (κ2) is 13.6. The zero-order valence-corrected chi connectivity index (χ0v) is 22.3. The first kappa shape index (κ1) is 27.2. The molecule has 0 amide bonds. The number of sulfonamides is 1. The fourth-order valence-electron chi connectivity index (χ4n) is 4.86. The van der Waals surface area contributed by atoms with Gasteiger partial charge in [0.1, 0.15) is 0 Å². The molecular weight excluding hydrogens is 466 g/mol. The van der Waals surface area contributed by atoms with Gasteiger partial charge in [0.25, 0.3) is 0 Å². The predicted molar refractivity (Wildman–Crippen MR) is 143 cm³/mol. The third kappa shape index (κ3) is 7.79. The minimum atomic E-state index is -3.08. The summed E-state index contributed by atoms with van der Waals surface area (Å²) in [5.41, 5.74) is 2.60. The van der Waals surface area contributed by atoms with Gasteiger partial charge in [0.05, 0.1) is 11.8 Å². The van der Waals surface area contributed by atoms with Gasteiger partial charge in [0.2, 0.25) is 10.0 Å². The van der Waals surface area contributed by atoms with Gasteiger partial charge < -0.3 is 4.90 Å². The van der Waals surface area contributed by atoms with Crippen LogP contribution in [0.1, 0.15) is 56.7 Å². The Hall–Kier alpha value is -1.44. The molecule has 2 aromatic carbocycles. The summed E-state index contributed by atoms with van der Waals surface area (Å²) in [6.45, 7) is 10.2. The molecule has 0 aromatic heterocycles. The van der Waals surface area contributed by atoms with Crippen molar-refractivity contribution < 1.29 is 8.42 Å². The van der Waals surface area contributed by atoms with E-state index in [1.165, 1.54) is 11.1 Å². The molecule has 0 saturated carbocycles. The maximum absolute atomic E-state index is 12.3. The van der Waals surface area contributed by atoms with Crippen molar-refractivity contribution in [1.82, 2.24) is 14.1 Å². The first-order valence-electron chi connectivity index (χ1n) is 12.7. The topological polar surface area (TPSA) is 43.9 Å². The Morgan fingerprint density at radius 2 is 1.41 bits per heavy atom. The smallest absolute Gasteiger partial charge is 0.214 e. The normalized spacial score (nSPS) is 16.7. The molecule has 0 bridgehead atoms. The van der Waals surface area contributed by atoms with Crippen LogP contribution >= 0.6 is 11.6 Å². The van der Waals surface area contributed by atoms with E-state index in [9.17, 15) is 8.42 Å². The first-order chi connectivity index (χ1) is 16.4. The second-order valence-electron chi connectivity index (χ2n) is 9.06. The Morgan fingerprint density at radius 1 is 0.824 bits per heavy atom. The summed E-state index contributed by atoms with van der Waals surface area (Å²) in [5, 5.41) is 0.769. The third-order valence-corrected chi connectivity index (χ3v) is 9.16. The summed E-state index contributed by atoms with van der Waals surface area (Å²) in [5.74, 6) is 0.277. The molecule has 0 N–H and O–H groups in total. The van der Waals surface area contributed by atoms with Gasteiger partial charge in [-0.15, -0.1) is 0 Å². The molecule has 0 aliphatic carbocycles. The lowest BCUT2D eigenvalue weighted by atomic mass is 9.96. The summed E-state index contributed by atoms with van der Waals surface area (Å²) in [6.07, 6.45) is 3.95. The van der Waals surface area contributed by atoms with E-state index >= 15 is 0 Å². The van der Waals surface area contributed by atoms with E-state index in [4.69, 9.17) is 11.6 Å².